The molecule has 100 valence electrons. The monoisotopic (exact) mass is 286 g/mol. The number of halogens is 1. The highest BCUT2D eigenvalue weighted by Gasteiger charge is 2.29. The molecule has 1 unspecified atom stereocenters. The van der Waals surface area contributed by atoms with E-state index in [9.17, 15) is 4.79 Å². The number of thiophene rings is 1. The van der Waals surface area contributed by atoms with E-state index in [-0.39, 0.29) is 5.91 Å². The Bertz CT molecular complexity index is 431. The molecule has 3 nitrogen and oxygen atoms in total. The minimum Gasteiger partial charge on any atom is -0.334 e. The van der Waals surface area contributed by atoms with Crippen molar-refractivity contribution in [2.24, 2.45) is 0 Å². The minimum absolute atomic E-state index is 0.0954. The van der Waals surface area contributed by atoms with E-state index < -0.39 is 0 Å². The van der Waals surface area contributed by atoms with Crippen LogP contribution in [0, 0.1) is 6.92 Å². The Kier molecular flexibility index (Phi) is 4.65. The van der Waals surface area contributed by atoms with Crippen LogP contribution < -0.4 is 5.32 Å². The first-order valence-corrected chi connectivity index (χ1v) is 7.60. The van der Waals surface area contributed by atoms with E-state index in [2.05, 4.69) is 5.32 Å². The lowest BCUT2D eigenvalue weighted by Gasteiger charge is -2.35. The van der Waals surface area contributed by atoms with Crippen LogP contribution in [0.5, 0.6) is 0 Å². The molecular weight excluding hydrogens is 268 g/mol. The van der Waals surface area contributed by atoms with Crippen LogP contribution in [-0.2, 0) is 0 Å². The molecule has 2 rings (SSSR count). The molecule has 1 aromatic rings. The first-order chi connectivity index (χ1) is 8.65. The summed E-state index contributed by atoms with van der Waals surface area (Å²) in [5, 5.41) is 5.74. The van der Waals surface area contributed by atoms with Gasteiger partial charge in [-0.3, -0.25) is 4.79 Å². The molecular formula is C13H19ClN2OS. The van der Waals surface area contributed by atoms with Crippen LogP contribution in [0.4, 0.5) is 0 Å². The number of carbonyl (C=O) groups is 1. The number of carbonyl (C=O) groups excluding carboxylic acids is 1. The van der Waals surface area contributed by atoms with Gasteiger partial charge in [0.15, 0.2) is 0 Å². The topological polar surface area (TPSA) is 32.3 Å². The fraction of sp³-hybridized carbons (Fsp3) is 0.615. The molecule has 1 aliphatic rings. The predicted octanol–water partition coefficient (Wildman–Crippen LogP) is 2.92. The Balaban J connectivity index is 2.18. The summed E-state index contributed by atoms with van der Waals surface area (Å²) in [6.07, 6.45) is 3.37. The number of rotatable bonds is 3. The summed E-state index contributed by atoms with van der Waals surface area (Å²) in [5.41, 5.74) is 0.993. The van der Waals surface area contributed by atoms with Crippen molar-refractivity contribution >= 4 is 28.8 Å². The van der Waals surface area contributed by atoms with Gasteiger partial charge in [-0.15, -0.1) is 11.3 Å². The Hall–Kier alpha value is -0.580. The summed E-state index contributed by atoms with van der Waals surface area (Å²) in [6, 6.07) is 0.301. The maximum absolute atomic E-state index is 12.5. The Morgan fingerprint density at radius 1 is 1.61 bits per heavy atom. The van der Waals surface area contributed by atoms with E-state index in [0.29, 0.717) is 15.9 Å². The lowest BCUT2D eigenvalue weighted by Crippen LogP contribution is -2.47. The molecule has 5 heteroatoms. The van der Waals surface area contributed by atoms with Crippen LogP contribution in [0.3, 0.4) is 0 Å². The number of amides is 1. The highest BCUT2D eigenvalue weighted by molar-refractivity contribution is 7.13. The van der Waals surface area contributed by atoms with Gasteiger partial charge in [-0.05, 0) is 44.2 Å². The molecule has 1 fully saturated rings. The summed E-state index contributed by atoms with van der Waals surface area (Å²) < 4.78 is 0. The van der Waals surface area contributed by atoms with Crippen LogP contribution in [0.25, 0.3) is 0 Å². The molecule has 0 aliphatic carbocycles. The smallest absolute Gasteiger partial charge is 0.265 e. The van der Waals surface area contributed by atoms with E-state index in [4.69, 9.17) is 11.6 Å². The summed E-state index contributed by atoms with van der Waals surface area (Å²) in [7, 11) is 1.93. The lowest BCUT2D eigenvalue weighted by molar-refractivity contribution is 0.0620. The third-order valence-corrected chi connectivity index (χ3v) is 5.11. The number of likely N-dealkylation sites (tertiary alicyclic amines) is 1. The van der Waals surface area contributed by atoms with Gasteiger partial charge in [-0.25, -0.2) is 0 Å². The first kappa shape index (κ1) is 13.8. The molecule has 1 saturated heterocycles. The standard InChI is InChI=1S/C13H19ClN2OS/c1-9-8-18-12(11(9)14)13(17)16-6-4-3-5-10(16)7-15-2/h8,10,15H,3-7H2,1-2H3. The van der Waals surface area contributed by atoms with Crippen molar-refractivity contribution in [3.63, 3.8) is 0 Å². The van der Waals surface area contributed by atoms with Crippen molar-refractivity contribution in [2.45, 2.75) is 32.2 Å². The second-order valence-corrected chi connectivity index (χ2v) is 6.03. The van der Waals surface area contributed by atoms with Crippen molar-refractivity contribution in [1.29, 1.82) is 0 Å². The van der Waals surface area contributed by atoms with E-state index in [1.807, 2.05) is 24.3 Å². The van der Waals surface area contributed by atoms with E-state index in [1.54, 1.807) is 0 Å². The molecule has 1 amide bonds. The SMILES string of the molecule is CNCC1CCCCN1C(=O)c1scc(C)c1Cl. The second kappa shape index (κ2) is 6.04. The Morgan fingerprint density at radius 2 is 2.39 bits per heavy atom. The summed E-state index contributed by atoms with van der Waals surface area (Å²) in [6.45, 7) is 3.64. The minimum atomic E-state index is 0.0954. The molecule has 1 atom stereocenters. The molecule has 1 aliphatic heterocycles. The Morgan fingerprint density at radius 3 is 3.00 bits per heavy atom. The zero-order chi connectivity index (χ0) is 13.1. The van der Waals surface area contributed by atoms with Crippen LogP contribution >= 0.6 is 22.9 Å². The number of piperidine rings is 1. The maximum Gasteiger partial charge on any atom is 0.265 e. The third-order valence-electron chi connectivity index (χ3n) is 3.42. The summed E-state index contributed by atoms with van der Waals surface area (Å²) in [4.78, 5) is 15.2. The van der Waals surface area contributed by atoms with Gasteiger partial charge in [0.1, 0.15) is 4.88 Å². The zero-order valence-corrected chi connectivity index (χ0v) is 12.4. The molecule has 0 saturated carbocycles. The normalized spacial score (nSPS) is 20.2. The first-order valence-electron chi connectivity index (χ1n) is 6.34. The molecule has 1 N–H and O–H groups in total. The van der Waals surface area contributed by atoms with E-state index in [0.717, 1.165) is 31.5 Å². The van der Waals surface area contributed by atoms with Gasteiger partial charge in [-0.2, -0.15) is 0 Å². The molecule has 0 spiro atoms. The van der Waals surface area contributed by atoms with Crippen LogP contribution in [0.1, 0.15) is 34.5 Å². The lowest BCUT2D eigenvalue weighted by atomic mass is 10.0. The van der Waals surface area contributed by atoms with Gasteiger partial charge in [0, 0.05) is 19.1 Å². The maximum atomic E-state index is 12.5. The number of aryl methyl sites for hydroxylation is 1. The molecule has 0 aromatic carbocycles. The van der Waals surface area contributed by atoms with Crippen LogP contribution in [0.15, 0.2) is 5.38 Å². The number of hydrogen-bond donors (Lipinski definition) is 1. The van der Waals surface area contributed by atoms with Gasteiger partial charge in [0.05, 0.1) is 5.02 Å². The van der Waals surface area contributed by atoms with Crippen molar-refractivity contribution < 1.29 is 4.79 Å². The van der Waals surface area contributed by atoms with Gasteiger partial charge in [-0.1, -0.05) is 11.6 Å². The molecule has 1 aromatic heterocycles. The van der Waals surface area contributed by atoms with E-state index in [1.165, 1.54) is 17.8 Å². The van der Waals surface area contributed by atoms with Gasteiger partial charge in [0.25, 0.3) is 5.91 Å². The summed E-state index contributed by atoms with van der Waals surface area (Å²) in [5.74, 6) is 0.0954. The van der Waals surface area contributed by atoms with E-state index >= 15 is 0 Å². The number of nitrogens with zero attached hydrogens (tertiary/aromatic N) is 1. The number of hydrogen-bond acceptors (Lipinski definition) is 3. The predicted molar refractivity (Wildman–Crippen MR) is 76.7 cm³/mol. The highest BCUT2D eigenvalue weighted by atomic mass is 35.5. The van der Waals surface area contributed by atoms with Crippen LogP contribution in [0.2, 0.25) is 5.02 Å². The van der Waals surface area contributed by atoms with Crippen molar-refractivity contribution in [3.8, 4) is 0 Å². The third kappa shape index (κ3) is 2.71. The fourth-order valence-electron chi connectivity index (χ4n) is 2.42. The highest BCUT2D eigenvalue weighted by Crippen LogP contribution is 2.30. The zero-order valence-electron chi connectivity index (χ0n) is 10.8. The largest absolute Gasteiger partial charge is 0.334 e. The Labute approximate surface area is 117 Å². The quantitative estimate of drug-likeness (QED) is 0.927. The molecule has 0 radical (unpaired) electrons. The number of nitrogens with one attached hydrogen (secondary N) is 1. The fourth-order valence-corrected chi connectivity index (χ4v) is 3.65. The van der Waals surface area contributed by atoms with Crippen molar-refractivity contribution in [1.82, 2.24) is 10.2 Å². The number of likely N-dealkylation sites (N-methyl/N-ethyl adjacent to an activating group) is 1. The summed E-state index contributed by atoms with van der Waals surface area (Å²) >= 11 is 7.65. The molecule has 2 heterocycles. The second-order valence-electron chi connectivity index (χ2n) is 4.77. The average Bonchev–Trinajstić information content (AvgIpc) is 2.70. The van der Waals surface area contributed by atoms with Gasteiger partial charge in [0.2, 0.25) is 0 Å². The van der Waals surface area contributed by atoms with Crippen molar-refractivity contribution in [3.05, 3.63) is 20.8 Å². The van der Waals surface area contributed by atoms with Gasteiger partial charge < -0.3 is 10.2 Å². The molecule has 0 bridgehead atoms. The van der Waals surface area contributed by atoms with Crippen LogP contribution in [-0.4, -0.2) is 37.0 Å². The molecule has 18 heavy (non-hydrogen) atoms. The van der Waals surface area contributed by atoms with Crippen molar-refractivity contribution in [2.75, 3.05) is 20.1 Å². The van der Waals surface area contributed by atoms with Gasteiger partial charge >= 0.3 is 0 Å². The average molecular weight is 287 g/mol.